The van der Waals surface area contributed by atoms with Crippen molar-refractivity contribution in [3.8, 4) is 5.75 Å². The Morgan fingerprint density at radius 2 is 1.64 bits per heavy atom. The van der Waals surface area contributed by atoms with Gasteiger partial charge in [-0.1, -0.05) is 30.3 Å². The lowest BCUT2D eigenvalue weighted by molar-refractivity contribution is 0.0941. The molecule has 0 radical (unpaired) electrons. The molecule has 0 fully saturated rings. The third-order valence-corrected chi connectivity index (χ3v) is 3.65. The topological polar surface area (TPSA) is 48.3 Å². The van der Waals surface area contributed by atoms with Crippen LogP contribution in [-0.4, -0.2) is 23.4 Å². The van der Waals surface area contributed by atoms with E-state index in [1.807, 2.05) is 30.3 Å². The summed E-state index contributed by atoms with van der Waals surface area (Å²) in [6.45, 7) is 1.48. The normalized spacial score (nSPS) is 10.6. The van der Waals surface area contributed by atoms with Crippen molar-refractivity contribution in [2.75, 3.05) is 7.11 Å². The van der Waals surface area contributed by atoms with Gasteiger partial charge in [0.05, 0.1) is 18.2 Å². The Bertz CT molecular complexity index is 877. The predicted octanol–water partition coefficient (Wildman–Crippen LogP) is 3.54. The quantitative estimate of drug-likeness (QED) is 0.694. The lowest BCUT2D eigenvalue weighted by atomic mass is 10.0. The molecule has 2 aromatic carbocycles. The Morgan fingerprint density at radius 1 is 0.955 bits per heavy atom. The van der Waals surface area contributed by atoms with Crippen molar-refractivity contribution in [3.63, 3.8) is 0 Å². The highest BCUT2D eigenvalue weighted by atomic mass is 16.5. The SMILES string of the molecule is COc1ccccc1C(=O)c1cn(C(C)=O)c2ccccc12. The van der Waals surface area contributed by atoms with E-state index in [4.69, 9.17) is 4.74 Å². The van der Waals surface area contributed by atoms with Crippen LogP contribution in [0.25, 0.3) is 10.9 Å². The molecule has 3 aromatic rings. The second-order valence-corrected chi connectivity index (χ2v) is 4.98. The number of carbonyl (C=O) groups excluding carboxylic acids is 2. The van der Waals surface area contributed by atoms with Gasteiger partial charge in [-0.15, -0.1) is 0 Å². The van der Waals surface area contributed by atoms with Crippen LogP contribution < -0.4 is 4.74 Å². The minimum absolute atomic E-state index is 0.129. The number of hydrogen-bond acceptors (Lipinski definition) is 3. The molecule has 4 nitrogen and oxygen atoms in total. The molecule has 0 atom stereocenters. The van der Waals surface area contributed by atoms with Gasteiger partial charge in [0, 0.05) is 24.1 Å². The van der Waals surface area contributed by atoms with E-state index in [9.17, 15) is 9.59 Å². The summed E-state index contributed by atoms with van der Waals surface area (Å²) in [4.78, 5) is 24.7. The zero-order chi connectivity index (χ0) is 15.7. The van der Waals surface area contributed by atoms with Gasteiger partial charge in [-0.05, 0) is 18.2 Å². The molecule has 3 rings (SSSR count). The summed E-state index contributed by atoms with van der Waals surface area (Å²) >= 11 is 0. The number of nitrogens with zero attached hydrogens (tertiary/aromatic N) is 1. The molecule has 0 saturated heterocycles. The molecule has 0 aliphatic rings. The first kappa shape index (κ1) is 14.1. The molecule has 0 N–H and O–H groups in total. The van der Waals surface area contributed by atoms with Gasteiger partial charge in [-0.25, -0.2) is 0 Å². The van der Waals surface area contributed by atoms with Crippen LogP contribution in [0.5, 0.6) is 5.75 Å². The summed E-state index contributed by atoms with van der Waals surface area (Å²) in [6, 6.07) is 14.4. The van der Waals surface area contributed by atoms with E-state index >= 15 is 0 Å². The molecule has 0 unspecified atom stereocenters. The lowest BCUT2D eigenvalue weighted by Gasteiger charge is -2.06. The zero-order valence-electron chi connectivity index (χ0n) is 12.4. The maximum atomic E-state index is 12.9. The van der Waals surface area contributed by atoms with Crippen molar-refractivity contribution < 1.29 is 14.3 Å². The van der Waals surface area contributed by atoms with Crippen LogP contribution in [0.1, 0.15) is 27.6 Å². The van der Waals surface area contributed by atoms with E-state index < -0.39 is 0 Å². The Hall–Kier alpha value is -2.88. The van der Waals surface area contributed by atoms with Crippen LogP contribution in [0.2, 0.25) is 0 Å². The average Bonchev–Trinajstić information content (AvgIpc) is 2.94. The van der Waals surface area contributed by atoms with Crippen molar-refractivity contribution in [1.82, 2.24) is 4.57 Å². The number of fused-ring (bicyclic) bond motifs is 1. The Labute approximate surface area is 127 Å². The second-order valence-electron chi connectivity index (χ2n) is 4.98. The Morgan fingerprint density at radius 3 is 2.36 bits per heavy atom. The van der Waals surface area contributed by atoms with E-state index in [1.54, 1.807) is 24.4 Å². The highest BCUT2D eigenvalue weighted by Gasteiger charge is 2.20. The average molecular weight is 293 g/mol. The number of rotatable bonds is 3. The first-order valence-corrected chi connectivity index (χ1v) is 6.92. The minimum atomic E-state index is -0.159. The number of hydrogen-bond donors (Lipinski definition) is 0. The molecular weight excluding hydrogens is 278 g/mol. The molecule has 0 spiro atoms. The zero-order valence-corrected chi connectivity index (χ0v) is 12.4. The van der Waals surface area contributed by atoms with Crippen LogP contribution in [0.3, 0.4) is 0 Å². The van der Waals surface area contributed by atoms with Gasteiger partial charge >= 0.3 is 0 Å². The summed E-state index contributed by atoms with van der Waals surface area (Å²) in [6.07, 6.45) is 1.60. The molecule has 4 heteroatoms. The third kappa shape index (κ3) is 2.19. The fourth-order valence-electron chi connectivity index (χ4n) is 2.60. The largest absolute Gasteiger partial charge is 0.496 e. The van der Waals surface area contributed by atoms with E-state index in [1.165, 1.54) is 18.6 Å². The number of methoxy groups -OCH3 is 1. The summed E-state index contributed by atoms with van der Waals surface area (Å²) < 4.78 is 6.76. The standard InChI is InChI=1S/C18H15NO3/c1-12(20)19-11-15(13-7-3-5-9-16(13)19)18(21)14-8-4-6-10-17(14)22-2/h3-11H,1-2H3. The summed E-state index contributed by atoms with van der Waals surface area (Å²) in [5.41, 5.74) is 1.71. The van der Waals surface area contributed by atoms with E-state index in [-0.39, 0.29) is 11.7 Å². The molecule has 1 aromatic heterocycles. The molecule has 22 heavy (non-hydrogen) atoms. The van der Waals surface area contributed by atoms with Gasteiger partial charge in [-0.3, -0.25) is 14.2 Å². The number of carbonyl (C=O) groups is 2. The molecule has 110 valence electrons. The number of ketones is 1. The van der Waals surface area contributed by atoms with Gasteiger partial charge in [-0.2, -0.15) is 0 Å². The van der Waals surface area contributed by atoms with Crippen molar-refractivity contribution >= 4 is 22.6 Å². The van der Waals surface area contributed by atoms with Gasteiger partial charge in [0.25, 0.3) is 0 Å². The third-order valence-electron chi connectivity index (χ3n) is 3.65. The summed E-state index contributed by atoms with van der Waals surface area (Å²) in [5.74, 6) is 0.232. The van der Waals surface area contributed by atoms with Gasteiger partial charge in [0.15, 0.2) is 5.78 Å². The van der Waals surface area contributed by atoms with Crippen LogP contribution in [0, 0.1) is 0 Å². The summed E-state index contributed by atoms with van der Waals surface area (Å²) in [5, 5.41) is 0.758. The predicted molar refractivity (Wildman–Crippen MR) is 84.7 cm³/mol. The van der Waals surface area contributed by atoms with Crippen LogP contribution in [0.4, 0.5) is 0 Å². The number of benzene rings is 2. The van der Waals surface area contributed by atoms with Gasteiger partial charge < -0.3 is 4.74 Å². The molecular formula is C18H15NO3. The Kier molecular flexibility index (Phi) is 3.51. The number of aromatic nitrogens is 1. The lowest BCUT2D eigenvalue weighted by Crippen LogP contribution is -2.05. The van der Waals surface area contributed by atoms with E-state index in [0.29, 0.717) is 16.9 Å². The van der Waals surface area contributed by atoms with Crippen molar-refractivity contribution in [1.29, 1.82) is 0 Å². The summed E-state index contributed by atoms with van der Waals surface area (Å²) in [7, 11) is 1.53. The van der Waals surface area contributed by atoms with Crippen molar-refractivity contribution in [2.24, 2.45) is 0 Å². The Balaban J connectivity index is 2.22. The molecule has 0 saturated carbocycles. The molecule has 0 aliphatic heterocycles. The van der Waals surface area contributed by atoms with Crippen LogP contribution in [-0.2, 0) is 0 Å². The smallest absolute Gasteiger partial charge is 0.227 e. The molecule has 0 amide bonds. The number of ether oxygens (including phenoxy) is 1. The fraction of sp³-hybridized carbons (Fsp3) is 0.111. The van der Waals surface area contributed by atoms with Crippen molar-refractivity contribution in [3.05, 3.63) is 65.9 Å². The molecule has 0 aliphatic carbocycles. The maximum absolute atomic E-state index is 12.9. The van der Waals surface area contributed by atoms with Gasteiger partial charge in [0.2, 0.25) is 5.91 Å². The van der Waals surface area contributed by atoms with E-state index in [0.717, 1.165) is 10.9 Å². The highest BCUT2D eigenvalue weighted by molar-refractivity contribution is 6.18. The highest BCUT2D eigenvalue weighted by Crippen LogP contribution is 2.27. The minimum Gasteiger partial charge on any atom is -0.496 e. The van der Waals surface area contributed by atoms with E-state index in [2.05, 4.69) is 0 Å². The molecule has 1 heterocycles. The van der Waals surface area contributed by atoms with Crippen molar-refractivity contribution in [2.45, 2.75) is 6.92 Å². The first-order chi connectivity index (χ1) is 10.6. The fourth-order valence-corrected chi connectivity index (χ4v) is 2.60. The number of para-hydroxylation sites is 2. The van der Waals surface area contributed by atoms with Crippen LogP contribution >= 0.6 is 0 Å². The first-order valence-electron chi connectivity index (χ1n) is 6.92. The molecule has 0 bridgehead atoms. The van der Waals surface area contributed by atoms with Gasteiger partial charge in [0.1, 0.15) is 5.75 Å². The van der Waals surface area contributed by atoms with Crippen LogP contribution in [0.15, 0.2) is 54.7 Å². The maximum Gasteiger partial charge on any atom is 0.227 e. The second kappa shape index (κ2) is 5.48. The monoisotopic (exact) mass is 293 g/mol.